The molecule has 0 spiro atoms. The first-order chi connectivity index (χ1) is 13.4. The molecule has 7 nitrogen and oxygen atoms in total. The molecule has 0 amide bonds. The highest BCUT2D eigenvalue weighted by Gasteiger charge is 2.19. The molecule has 2 aromatic heterocycles. The van der Waals surface area contributed by atoms with Crippen molar-refractivity contribution in [2.45, 2.75) is 4.90 Å². The molecule has 0 fully saturated rings. The van der Waals surface area contributed by atoms with Gasteiger partial charge >= 0.3 is 0 Å². The number of anilines is 1. The first-order valence-corrected chi connectivity index (χ1v) is 9.84. The van der Waals surface area contributed by atoms with Gasteiger partial charge in [-0.1, -0.05) is 29.8 Å². The minimum Gasteiger partial charge on any atom is -0.456 e. The summed E-state index contributed by atoms with van der Waals surface area (Å²) in [5.74, 6) is 0.173. The van der Waals surface area contributed by atoms with Gasteiger partial charge in [-0.2, -0.15) is 4.98 Å². The molecule has 28 heavy (non-hydrogen) atoms. The molecule has 0 radical (unpaired) electrons. The second kappa shape index (κ2) is 7.10. The van der Waals surface area contributed by atoms with Crippen molar-refractivity contribution >= 4 is 33.2 Å². The van der Waals surface area contributed by atoms with Crippen LogP contribution in [0.5, 0.6) is 11.5 Å². The third-order valence-corrected chi connectivity index (χ3v) is 5.33. The van der Waals surface area contributed by atoms with Crippen LogP contribution in [-0.4, -0.2) is 23.0 Å². The molecule has 10 heteroatoms. The number of aromatic nitrogens is 3. The number of pyridine rings is 1. The highest BCUT2D eigenvalue weighted by atomic mass is 35.5. The highest BCUT2D eigenvalue weighted by molar-refractivity contribution is 7.92. The predicted molar refractivity (Wildman–Crippen MR) is 102 cm³/mol. The Bertz CT molecular complexity index is 1260. The zero-order valence-electron chi connectivity index (χ0n) is 14.1. The summed E-state index contributed by atoms with van der Waals surface area (Å²) in [6.45, 7) is 0. The van der Waals surface area contributed by atoms with Gasteiger partial charge in [0.15, 0.2) is 5.65 Å². The standard InChI is InChI=1S/C18H12ClFN4O3S/c19-15-10-14(7-8-16(15)27-13-4-2-1-3-5-13)28(25,26)23-18-21-17-9-6-12(20)11-24(17)22-18/h1-11H,(H,22,23). The van der Waals surface area contributed by atoms with E-state index in [4.69, 9.17) is 16.3 Å². The monoisotopic (exact) mass is 418 g/mol. The molecule has 0 bridgehead atoms. The maximum absolute atomic E-state index is 13.2. The molecular weight excluding hydrogens is 407 g/mol. The number of hydrogen-bond acceptors (Lipinski definition) is 5. The van der Waals surface area contributed by atoms with Crippen LogP contribution in [0, 0.1) is 5.82 Å². The van der Waals surface area contributed by atoms with E-state index < -0.39 is 15.8 Å². The second-order valence-corrected chi connectivity index (χ2v) is 7.79. The number of rotatable bonds is 5. The minimum atomic E-state index is -4.01. The largest absolute Gasteiger partial charge is 0.456 e. The quantitative estimate of drug-likeness (QED) is 0.527. The highest BCUT2D eigenvalue weighted by Crippen LogP contribution is 2.31. The van der Waals surface area contributed by atoms with Gasteiger partial charge < -0.3 is 4.74 Å². The van der Waals surface area contributed by atoms with Crippen LogP contribution in [0.4, 0.5) is 10.3 Å². The number of para-hydroxylation sites is 1. The van der Waals surface area contributed by atoms with Crippen molar-refractivity contribution in [1.82, 2.24) is 14.6 Å². The van der Waals surface area contributed by atoms with Crippen LogP contribution in [0.1, 0.15) is 0 Å². The maximum atomic E-state index is 13.2. The molecule has 2 aromatic carbocycles. The molecule has 0 saturated heterocycles. The summed E-state index contributed by atoms with van der Waals surface area (Å²) in [6.07, 6.45) is 1.09. The normalized spacial score (nSPS) is 11.5. The smallest absolute Gasteiger partial charge is 0.264 e. The Hall–Kier alpha value is -3.17. The van der Waals surface area contributed by atoms with E-state index in [1.165, 1.54) is 30.3 Å². The lowest BCUT2D eigenvalue weighted by molar-refractivity contribution is 0.482. The van der Waals surface area contributed by atoms with Crippen LogP contribution in [-0.2, 0) is 10.0 Å². The third kappa shape index (κ3) is 3.75. The van der Waals surface area contributed by atoms with Crippen LogP contribution in [0.15, 0.2) is 71.8 Å². The molecule has 0 aliphatic heterocycles. The first-order valence-electron chi connectivity index (χ1n) is 7.98. The Balaban J connectivity index is 1.59. The van der Waals surface area contributed by atoms with Gasteiger partial charge in [0.1, 0.15) is 17.3 Å². The lowest BCUT2D eigenvalue weighted by Gasteiger charge is -2.10. The fourth-order valence-corrected chi connectivity index (χ4v) is 3.68. The molecule has 0 unspecified atom stereocenters. The molecule has 1 N–H and O–H groups in total. The number of benzene rings is 2. The lowest BCUT2D eigenvalue weighted by atomic mass is 10.3. The zero-order valence-corrected chi connectivity index (χ0v) is 15.7. The fraction of sp³-hybridized carbons (Fsp3) is 0. The van der Waals surface area contributed by atoms with Crippen LogP contribution in [0.25, 0.3) is 5.65 Å². The Kier molecular flexibility index (Phi) is 4.62. The summed E-state index contributed by atoms with van der Waals surface area (Å²) in [5.41, 5.74) is 0.295. The van der Waals surface area contributed by atoms with Crippen LogP contribution >= 0.6 is 11.6 Å². The van der Waals surface area contributed by atoms with Gasteiger partial charge in [0.2, 0.25) is 0 Å². The van der Waals surface area contributed by atoms with E-state index in [1.807, 2.05) is 6.07 Å². The van der Waals surface area contributed by atoms with Gasteiger partial charge in [-0.25, -0.2) is 22.0 Å². The topological polar surface area (TPSA) is 85.6 Å². The predicted octanol–water partition coefficient (Wildman–Crippen LogP) is 4.11. The molecule has 0 atom stereocenters. The van der Waals surface area contributed by atoms with Gasteiger partial charge in [-0.15, -0.1) is 5.10 Å². The second-order valence-electron chi connectivity index (χ2n) is 5.70. The number of hydrogen-bond donors (Lipinski definition) is 1. The van der Waals surface area contributed by atoms with Gasteiger partial charge in [0, 0.05) is 0 Å². The first kappa shape index (κ1) is 18.2. The Morgan fingerprint density at radius 2 is 1.86 bits per heavy atom. The van der Waals surface area contributed by atoms with Crippen molar-refractivity contribution in [2.75, 3.05) is 4.72 Å². The average Bonchev–Trinajstić information content (AvgIpc) is 3.04. The summed E-state index contributed by atoms with van der Waals surface area (Å²) >= 11 is 6.18. The van der Waals surface area contributed by atoms with Crippen LogP contribution < -0.4 is 9.46 Å². The number of halogens is 2. The van der Waals surface area contributed by atoms with E-state index in [0.717, 1.165) is 10.7 Å². The molecule has 2 heterocycles. The van der Waals surface area contributed by atoms with E-state index >= 15 is 0 Å². The van der Waals surface area contributed by atoms with E-state index in [2.05, 4.69) is 14.8 Å². The summed E-state index contributed by atoms with van der Waals surface area (Å²) in [5, 5.41) is 4.02. The molecule has 4 aromatic rings. The van der Waals surface area contributed by atoms with E-state index in [9.17, 15) is 12.8 Å². The average molecular weight is 419 g/mol. The van der Waals surface area contributed by atoms with Crippen LogP contribution in [0.3, 0.4) is 0 Å². The molecular formula is C18H12ClFN4O3S. The SMILES string of the molecule is O=S(=O)(Nc1nc2ccc(F)cn2n1)c1ccc(Oc2ccccc2)c(Cl)c1. The summed E-state index contributed by atoms with van der Waals surface area (Å²) in [4.78, 5) is 3.90. The van der Waals surface area contributed by atoms with Gasteiger partial charge in [-0.05, 0) is 42.5 Å². The van der Waals surface area contributed by atoms with E-state index in [-0.39, 0.29) is 15.9 Å². The van der Waals surface area contributed by atoms with Crippen molar-refractivity contribution in [1.29, 1.82) is 0 Å². The molecule has 0 saturated carbocycles. The summed E-state index contributed by atoms with van der Waals surface area (Å²) < 4.78 is 47.4. The van der Waals surface area contributed by atoms with Crippen molar-refractivity contribution in [3.63, 3.8) is 0 Å². The van der Waals surface area contributed by atoms with Crippen molar-refractivity contribution in [3.8, 4) is 11.5 Å². The minimum absolute atomic E-state index is 0.0945. The van der Waals surface area contributed by atoms with Gasteiger partial charge in [0.25, 0.3) is 16.0 Å². The summed E-state index contributed by atoms with van der Waals surface area (Å²) in [6, 6.07) is 15.6. The van der Waals surface area contributed by atoms with Crippen molar-refractivity contribution in [3.05, 3.63) is 77.7 Å². The zero-order chi connectivity index (χ0) is 19.7. The molecule has 142 valence electrons. The Morgan fingerprint density at radius 3 is 2.61 bits per heavy atom. The molecule has 0 aliphatic carbocycles. The van der Waals surface area contributed by atoms with Gasteiger partial charge in [0.05, 0.1) is 16.1 Å². The lowest BCUT2D eigenvalue weighted by Crippen LogP contribution is -2.14. The van der Waals surface area contributed by atoms with Crippen molar-refractivity contribution in [2.24, 2.45) is 0 Å². The molecule has 0 aliphatic rings. The number of nitrogens with zero attached hydrogens (tertiary/aromatic N) is 3. The maximum Gasteiger partial charge on any atom is 0.264 e. The van der Waals surface area contributed by atoms with Crippen LogP contribution in [0.2, 0.25) is 5.02 Å². The number of nitrogens with one attached hydrogen (secondary N) is 1. The Labute approximate surface area is 164 Å². The van der Waals surface area contributed by atoms with Crippen molar-refractivity contribution < 1.29 is 17.5 Å². The fourth-order valence-electron chi connectivity index (χ4n) is 2.43. The van der Waals surface area contributed by atoms with Gasteiger partial charge in [-0.3, -0.25) is 0 Å². The number of fused-ring (bicyclic) bond motifs is 1. The summed E-state index contributed by atoms with van der Waals surface area (Å²) in [7, 11) is -4.01. The Morgan fingerprint density at radius 1 is 1.07 bits per heavy atom. The molecule has 4 rings (SSSR count). The third-order valence-electron chi connectivity index (χ3n) is 3.71. The van der Waals surface area contributed by atoms with E-state index in [0.29, 0.717) is 17.1 Å². The number of ether oxygens (including phenoxy) is 1. The number of sulfonamides is 1. The van der Waals surface area contributed by atoms with E-state index in [1.54, 1.807) is 24.3 Å².